The van der Waals surface area contributed by atoms with E-state index in [0.29, 0.717) is 33.6 Å². The van der Waals surface area contributed by atoms with Crippen LogP contribution in [0.3, 0.4) is 0 Å². The average molecular weight is 440 g/mol. The first-order chi connectivity index (χ1) is 13.3. The van der Waals surface area contributed by atoms with Crippen molar-refractivity contribution in [2.24, 2.45) is 0 Å². The van der Waals surface area contributed by atoms with Crippen LogP contribution >= 0.6 is 34.5 Å². The van der Waals surface area contributed by atoms with E-state index in [0.717, 1.165) is 11.3 Å². The number of hydrogen-bond donors (Lipinski definition) is 2. The Morgan fingerprint density at radius 3 is 2.54 bits per heavy atom. The number of likely N-dealkylation sites (tertiary alicyclic amines) is 1. The van der Waals surface area contributed by atoms with E-state index in [1.165, 1.54) is 16.2 Å². The lowest BCUT2D eigenvalue weighted by molar-refractivity contribution is -0.135. The third-order valence-corrected chi connectivity index (χ3v) is 5.81. The Balaban J connectivity index is 1.59. The van der Waals surface area contributed by atoms with E-state index in [1.807, 2.05) is 13.0 Å². The lowest BCUT2D eigenvalue weighted by Gasteiger charge is -2.24. The van der Waals surface area contributed by atoms with E-state index in [2.05, 4.69) is 10.6 Å². The molecule has 3 amide bonds. The molecule has 2 heterocycles. The molecule has 1 atom stereocenters. The molecule has 0 radical (unpaired) electrons. The minimum Gasteiger partial charge on any atom is -0.342 e. The van der Waals surface area contributed by atoms with Crippen molar-refractivity contribution >= 4 is 57.9 Å². The fourth-order valence-electron chi connectivity index (χ4n) is 3.09. The second-order valence-electron chi connectivity index (χ2n) is 6.49. The molecule has 1 unspecified atom stereocenters. The van der Waals surface area contributed by atoms with Gasteiger partial charge in [0, 0.05) is 27.2 Å². The van der Waals surface area contributed by atoms with Gasteiger partial charge in [0.25, 0.3) is 5.91 Å². The molecule has 0 bridgehead atoms. The van der Waals surface area contributed by atoms with Crippen molar-refractivity contribution < 1.29 is 14.4 Å². The molecule has 2 aromatic rings. The number of halogens is 2. The summed E-state index contributed by atoms with van der Waals surface area (Å²) in [4.78, 5) is 40.4. The molecule has 1 aliphatic rings. The van der Waals surface area contributed by atoms with Crippen molar-refractivity contribution in [2.45, 2.75) is 25.8 Å². The molecule has 9 heteroatoms. The summed E-state index contributed by atoms with van der Waals surface area (Å²) in [6.45, 7) is 2.23. The number of benzene rings is 1. The Morgan fingerprint density at radius 2 is 1.89 bits per heavy atom. The van der Waals surface area contributed by atoms with E-state index < -0.39 is 6.04 Å². The number of carbonyl (C=O) groups is 3. The number of nitrogens with one attached hydrogen (secondary N) is 2. The maximum atomic E-state index is 12.6. The summed E-state index contributed by atoms with van der Waals surface area (Å²) in [6, 6.07) is 7.74. The van der Waals surface area contributed by atoms with Gasteiger partial charge >= 0.3 is 0 Å². The van der Waals surface area contributed by atoms with E-state index in [1.54, 1.807) is 24.3 Å². The van der Waals surface area contributed by atoms with Gasteiger partial charge in [-0.3, -0.25) is 14.4 Å². The van der Waals surface area contributed by atoms with Gasteiger partial charge in [0.15, 0.2) is 0 Å². The summed E-state index contributed by atoms with van der Waals surface area (Å²) >= 11 is 13.3. The SMILES string of the molecule is Cc1ccc(C(=O)NCC(=O)N2CCCC2C(=O)Nc2cc(Cl)cc(Cl)c2)s1. The Bertz CT molecular complexity index is 895. The fraction of sp³-hybridized carbons (Fsp3) is 0.316. The van der Waals surface area contributed by atoms with Gasteiger partial charge in [-0.15, -0.1) is 11.3 Å². The van der Waals surface area contributed by atoms with Crippen LogP contribution in [0.1, 0.15) is 27.4 Å². The van der Waals surface area contributed by atoms with Gasteiger partial charge in [0.1, 0.15) is 6.04 Å². The Hall–Kier alpha value is -2.09. The zero-order valence-electron chi connectivity index (χ0n) is 15.1. The number of amides is 3. The summed E-state index contributed by atoms with van der Waals surface area (Å²) in [7, 11) is 0. The first kappa shape index (κ1) is 20.6. The molecule has 28 heavy (non-hydrogen) atoms. The summed E-state index contributed by atoms with van der Waals surface area (Å²) in [5, 5.41) is 6.20. The highest BCUT2D eigenvalue weighted by Crippen LogP contribution is 2.24. The highest BCUT2D eigenvalue weighted by Gasteiger charge is 2.34. The van der Waals surface area contributed by atoms with Crippen molar-refractivity contribution in [3.8, 4) is 0 Å². The first-order valence-electron chi connectivity index (χ1n) is 8.74. The van der Waals surface area contributed by atoms with Gasteiger partial charge in [-0.1, -0.05) is 23.2 Å². The van der Waals surface area contributed by atoms with Crippen molar-refractivity contribution in [3.05, 3.63) is 50.1 Å². The van der Waals surface area contributed by atoms with Gasteiger partial charge in [-0.05, 0) is 50.1 Å². The number of carbonyl (C=O) groups excluding carboxylic acids is 3. The zero-order valence-corrected chi connectivity index (χ0v) is 17.5. The highest BCUT2D eigenvalue weighted by atomic mass is 35.5. The third-order valence-electron chi connectivity index (χ3n) is 4.37. The second-order valence-corrected chi connectivity index (χ2v) is 8.65. The Kier molecular flexibility index (Phi) is 6.59. The van der Waals surface area contributed by atoms with Gasteiger partial charge in [0.2, 0.25) is 11.8 Å². The van der Waals surface area contributed by atoms with Crippen LogP contribution in [0.4, 0.5) is 5.69 Å². The smallest absolute Gasteiger partial charge is 0.261 e. The molecule has 1 aromatic heterocycles. The van der Waals surface area contributed by atoms with E-state index in [4.69, 9.17) is 23.2 Å². The number of anilines is 1. The topological polar surface area (TPSA) is 78.5 Å². The Morgan fingerprint density at radius 1 is 1.18 bits per heavy atom. The molecular weight excluding hydrogens is 421 g/mol. The molecule has 1 aliphatic heterocycles. The maximum absolute atomic E-state index is 12.6. The van der Waals surface area contributed by atoms with Gasteiger partial charge in [-0.2, -0.15) is 0 Å². The van der Waals surface area contributed by atoms with E-state index in [9.17, 15) is 14.4 Å². The van der Waals surface area contributed by atoms with Gasteiger partial charge in [0.05, 0.1) is 11.4 Å². The zero-order chi connectivity index (χ0) is 20.3. The number of aryl methyl sites for hydroxylation is 1. The molecule has 1 saturated heterocycles. The van der Waals surface area contributed by atoms with Crippen LogP contribution in [0.5, 0.6) is 0 Å². The number of rotatable bonds is 5. The number of hydrogen-bond acceptors (Lipinski definition) is 4. The molecule has 1 fully saturated rings. The monoisotopic (exact) mass is 439 g/mol. The fourth-order valence-corrected chi connectivity index (χ4v) is 4.40. The minimum absolute atomic E-state index is 0.150. The predicted octanol–water partition coefficient (Wildman–Crippen LogP) is 3.72. The van der Waals surface area contributed by atoms with Crippen LogP contribution in [0, 0.1) is 6.92 Å². The standard InChI is InChI=1S/C19H19Cl2N3O3S/c1-11-4-5-16(28-11)19(27)22-10-17(25)24-6-2-3-15(24)18(26)23-14-8-12(20)7-13(21)9-14/h4-5,7-9,15H,2-3,6,10H2,1H3,(H,22,27)(H,23,26). The molecule has 2 N–H and O–H groups in total. The van der Waals surface area contributed by atoms with Crippen molar-refractivity contribution in [2.75, 3.05) is 18.4 Å². The average Bonchev–Trinajstić information content (AvgIpc) is 3.27. The molecule has 6 nitrogen and oxygen atoms in total. The molecule has 3 rings (SSSR count). The van der Waals surface area contributed by atoms with Gasteiger partial charge in [-0.25, -0.2) is 0 Å². The van der Waals surface area contributed by atoms with E-state index in [-0.39, 0.29) is 24.3 Å². The van der Waals surface area contributed by atoms with Crippen molar-refractivity contribution in [3.63, 3.8) is 0 Å². The molecule has 148 valence electrons. The second kappa shape index (κ2) is 8.94. The Labute approximate surface area is 176 Å². The molecule has 0 saturated carbocycles. The van der Waals surface area contributed by atoms with Crippen LogP contribution in [-0.2, 0) is 9.59 Å². The summed E-state index contributed by atoms with van der Waals surface area (Å²) in [6.07, 6.45) is 1.28. The normalized spacial score (nSPS) is 16.1. The van der Waals surface area contributed by atoms with Crippen LogP contribution < -0.4 is 10.6 Å². The molecular formula is C19H19Cl2N3O3S. The van der Waals surface area contributed by atoms with E-state index >= 15 is 0 Å². The number of nitrogens with zero attached hydrogens (tertiary/aromatic N) is 1. The van der Waals surface area contributed by atoms with Crippen molar-refractivity contribution in [1.82, 2.24) is 10.2 Å². The lowest BCUT2D eigenvalue weighted by atomic mass is 10.2. The van der Waals surface area contributed by atoms with Crippen LogP contribution in [0.15, 0.2) is 30.3 Å². The number of thiophene rings is 1. The predicted molar refractivity (Wildman–Crippen MR) is 111 cm³/mol. The highest BCUT2D eigenvalue weighted by molar-refractivity contribution is 7.13. The molecule has 0 aliphatic carbocycles. The quantitative estimate of drug-likeness (QED) is 0.744. The largest absolute Gasteiger partial charge is 0.342 e. The van der Waals surface area contributed by atoms with Crippen LogP contribution in [0.25, 0.3) is 0 Å². The summed E-state index contributed by atoms with van der Waals surface area (Å²) < 4.78 is 0. The van der Waals surface area contributed by atoms with Crippen LogP contribution in [0.2, 0.25) is 10.0 Å². The van der Waals surface area contributed by atoms with Crippen LogP contribution in [-0.4, -0.2) is 41.8 Å². The molecule has 0 spiro atoms. The maximum Gasteiger partial charge on any atom is 0.261 e. The molecule has 1 aromatic carbocycles. The lowest BCUT2D eigenvalue weighted by Crippen LogP contribution is -2.47. The van der Waals surface area contributed by atoms with Crippen molar-refractivity contribution in [1.29, 1.82) is 0 Å². The summed E-state index contributed by atoms with van der Waals surface area (Å²) in [5.41, 5.74) is 0.475. The minimum atomic E-state index is -0.592. The third kappa shape index (κ3) is 5.04. The summed E-state index contributed by atoms with van der Waals surface area (Å²) in [5.74, 6) is -0.881. The van der Waals surface area contributed by atoms with Gasteiger partial charge < -0.3 is 15.5 Å². The first-order valence-corrected chi connectivity index (χ1v) is 10.3.